The number of methoxy groups -OCH3 is 1. The van der Waals surface area contributed by atoms with E-state index in [0.717, 1.165) is 25.7 Å². The molecule has 2 aliphatic heterocycles. The van der Waals surface area contributed by atoms with Gasteiger partial charge in [0.2, 0.25) is 15.9 Å². The normalized spacial score (nSPS) is 19.4. The van der Waals surface area contributed by atoms with E-state index in [1.807, 2.05) is 0 Å². The van der Waals surface area contributed by atoms with E-state index in [9.17, 15) is 18.0 Å². The second kappa shape index (κ2) is 10.4. The molecule has 2 saturated heterocycles. The SMILES string of the molecule is COc1ccc(S(=O)(=O)N2CCCCCC2)cc1C(=O)NC(C)C(=O)N1CCOCC1. The fourth-order valence-corrected chi connectivity index (χ4v) is 5.39. The highest BCUT2D eigenvalue weighted by Gasteiger charge is 2.29. The third-order valence-electron chi connectivity index (χ3n) is 5.66. The molecule has 2 amide bonds. The van der Waals surface area contributed by atoms with E-state index in [0.29, 0.717) is 39.4 Å². The van der Waals surface area contributed by atoms with Crippen LogP contribution in [0.4, 0.5) is 0 Å². The van der Waals surface area contributed by atoms with Gasteiger partial charge in [0.05, 0.1) is 30.8 Å². The van der Waals surface area contributed by atoms with Gasteiger partial charge < -0.3 is 19.7 Å². The summed E-state index contributed by atoms with van der Waals surface area (Å²) in [6, 6.07) is 3.51. The summed E-state index contributed by atoms with van der Waals surface area (Å²) in [5.41, 5.74) is 0.0834. The average molecular weight is 454 g/mol. The fourth-order valence-electron chi connectivity index (χ4n) is 3.85. The van der Waals surface area contributed by atoms with Gasteiger partial charge in [-0.1, -0.05) is 12.8 Å². The maximum Gasteiger partial charge on any atom is 0.255 e. The Bertz CT molecular complexity index is 890. The Morgan fingerprint density at radius 2 is 1.71 bits per heavy atom. The van der Waals surface area contributed by atoms with Crippen molar-refractivity contribution < 1.29 is 27.5 Å². The van der Waals surface area contributed by atoms with Crippen LogP contribution in [0, 0.1) is 0 Å². The van der Waals surface area contributed by atoms with Crippen LogP contribution in [0.15, 0.2) is 23.1 Å². The minimum Gasteiger partial charge on any atom is -0.496 e. The topological polar surface area (TPSA) is 105 Å². The van der Waals surface area contributed by atoms with Gasteiger partial charge in [0, 0.05) is 26.2 Å². The number of nitrogens with zero attached hydrogens (tertiary/aromatic N) is 2. The number of rotatable bonds is 6. The summed E-state index contributed by atoms with van der Waals surface area (Å²) in [7, 11) is -2.31. The number of carbonyl (C=O) groups excluding carboxylic acids is 2. The maximum atomic E-state index is 13.1. The molecule has 9 nitrogen and oxygen atoms in total. The molecule has 1 aromatic carbocycles. The van der Waals surface area contributed by atoms with E-state index in [1.165, 1.54) is 29.6 Å². The third kappa shape index (κ3) is 5.55. The van der Waals surface area contributed by atoms with Crippen molar-refractivity contribution in [1.82, 2.24) is 14.5 Å². The number of sulfonamides is 1. The van der Waals surface area contributed by atoms with Crippen LogP contribution < -0.4 is 10.1 Å². The van der Waals surface area contributed by atoms with Crippen molar-refractivity contribution >= 4 is 21.8 Å². The minimum absolute atomic E-state index is 0.0486. The molecule has 0 aromatic heterocycles. The molecule has 2 fully saturated rings. The molecular weight excluding hydrogens is 422 g/mol. The highest BCUT2D eigenvalue weighted by molar-refractivity contribution is 7.89. The molecule has 1 unspecified atom stereocenters. The number of amides is 2. The average Bonchev–Trinajstić information content (AvgIpc) is 3.09. The van der Waals surface area contributed by atoms with E-state index in [4.69, 9.17) is 9.47 Å². The van der Waals surface area contributed by atoms with E-state index in [2.05, 4.69) is 5.32 Å². The summed E-state index contributed by atoms with van der Waals surface area (Å²) in [5, 5.41) is 2.68. The van der Waals surface area contributed by atoms with Crippen LogP contribution in [-0.2, 0) is 19.6 Å². The lowest BCUT2D eigenvalue weighted by Crippen LogP contribution is -2.50. The first-order chi connectivity index (χ1) is 14.8. The molecule has 0 bridgehead atoms. The van der Waals surface area contributed by atoms with Crippen LogP contribution in [0.2, 0.25) is 0 Å². The van der Waals surface area contributed by atoms with Gasteiger partial charge >= 0.3 is 0 Å². The van der Waals surface area contributed by atoms with Gasteiger partial charge in [-0.15, -0.1) is 0 Å². The highest BCUT2D eigenvalue weighted by Crippen LogP contribution is 2.26. The first-order valence-corrected chi connectivity index (χ1v) is 12.1. The molecule has 0 radical (unpaired) electrons. The molecule has 0 aliphatic carbocycles. The quantitative estimate of drug-likeness (QED) is 0.695. The van der Waals surface area contributed by atoms with Crippen LogP contribution in [-0.4, -0.2) is 82.0 Å². The first kappa shape index (κ1) is 23.5. The number of benzene rings is 1. The molecule has 2 heterocycles. The van der Waals surface area contributed by atoms with Gasteiger partial charge in [-0.3, -0.25) is 9.59 Å². The molecule has 10 heteroatoms. The number of hydrogen-bond acceptors (Lipinski definition) is 6. The van der Waals surface area contributed by atoms with Crippen LogP contribution in [0.25, 0.3) is 0 Å². The smallest absolute Gasteiger partial charge is 0.255 e. The van der Waals surface area contributed by atoms with Crippen LogP contribution in [0.5, 0.6) is 5.75 Å². The molecule has 1 aromatic rings. The molecule has 1 atom stereocenters. The Balaban J connectivity index is 1.79. The highest BCUT2D eigenvalue weighted by atomic mass is 32.2. The molecule has 172 valence electrons. The number of morpholine rings is 1. The lowest BCUT2D eigenvalue weighted by molar-refractivity contribution is -0.136. The fraction of sp³-hybridized carbons (Fsp3) is 0.619. The second-order valence-electron chi connectivity index (χ2n) is 7.81. The van der Waals surface area contributed by atoms with Crippen molar-refractivity contribution in [2.24, 2.45) is 0 Å². The lowest BCUT2D eigenvalue weighted by Gasteiger charge is -2.29. The molecule has 2 aliphatic rings. The molecule has 3 rings (SSSR count). The van der Waals surface area contributed by atoms with Gasteiger partial charge in [0.25, 0.3) is 5.91 Å². The van der Waals surface area contributed by atoms with E-state index < -0.39 is 22.0 Å². The van der Waals surface area contributed by atoms with Crippen molar-refractivity contribution in [3.05, 3.63) is 23.8 Å². The van der Waals surface area contributed by atoms with Crippen molar-refractivity contribution in [3.8, 4) is 5.75 Å². The third-order valence-corrected chi connectivity index (χ3v) is 7.55. The zero-order valence-corrected chi connectivity index (χ0v) is 18.9. The molecule has 0 saturated carbocycles. The van der Waals surface area contributed by atoms with E-state index >= 15 is 0 Å². The van der Waals surface area contributed by atoms with E-state index in [1.54, 1.807) is 11.8 Å². The van der Waals surface area contributed by atoms with Crippen LogP contribution in [0.1, 0.15) is 43.0 Å². The number of carbonyl (C=O) groups is 2. The van der Waals surface area contributed by atoms with Gasteiger partial charge in [-0.2, -0.15) is 4.31 Å². The van der Waals surface area contributed by atoms with Gasteiger partial charge in [0.15, 0.2) is 0 Å². The molecule has 0 spiro atoms. The van der Waals surface area contributed by atoms with Crippen LogP contribution >= 0.6 is 0 Å². The Hall–Kier alpha value is -2.17. The van der Waals surface area contributed by atoms with Gasteiger partial charge in [-0.05, 0) is 38.0 Å². The Morgan fingerprint density at radius 1 is 1.06 bits per heavy atom. The number of ether oxygens (including phenoxy) is 2. The number of hydrogen-bond donors (Lipinski definition) is 1. The molecular formula is C21H31N3O6S. The van der Waals surface area contributed by atoms with Gasteiger partial charge in [-0.25, -0.2) is 8.42 Å². The monoisotopic (exact) mass is 453 g/mol. The summed E-state index contributed by atoms with van der Waals surface area (Å²) in [6.07, 6.45) is 3.67. The Kier molecular flexibility index (Phi) is 7.90. The largest absolute Gasteiger partial charge is 0.496 e. The minimum atomic E-state index is -3.72. The maximum absolute atomic E-state index is 13.1. The second-order valence-corrected chi connectivity index (χ2v) is 9.75. The first-order valence-electron chi connectivity index (χ1n) is 10.7. The standard InChI is InChI=1S/C21H31N3O6S/c1-16(21(26)23-11-13-30-14-12-23)22-20(25)18-15-17(7-8-19(18)29-2)31(27,28)24-9-5-3-4-6-10-24/h7-8,15-16H,3-6,9-14H2,1-2H3,(H,22,25). The Labute approximate surface area is 183 Å². The van der Waals surface area contributed by atoms with Crippen molar-refractivity contribution in [2.45, 2.75) is 43.5 Å². The zero-order valence-electron chi connectivity index (χ0n) is 18.1. The summed E-state index contributed by atoms with van der Waals surface area (Å²) in [5.74, 6) is -0.513. The van der Waals surface area contributed by atoms with Crippen molar-refractivity contribution in [1.29, 1.82) is 0 Å². The summed E-state index contributed by atoms with van der Waals surface area (Å²) in [6.45, 7) is 4.45. The number of nitrogens with one attached hydrogen (secondary N) is 1. The Morgan fingerprint density at radius 3 is 2.32 bits per heavy atom. The van der Waals surface area contributed by atoms with Crippen molar-refractivity contribution in [2.75, 3.05) is 46.5 Å². The molecule has 1 N–H and O–H groups in total. The van der Waals surface area contributed by atoms with Crippen LogP contribution in [0.3, 0.4) is 0 Å². The summed E-state index contributed by atoms with van der Waals surface area (Å²) < 4.78 is 38.3. The van der Waals surface area contributed by atoms with E-state index in [-0.39, 0.29) is 22.1 Å². The van der Waals surface area contributed by atoms with Gasteiger partial charge in [0.1, 0.15) is 11.8 Å². The summed E-state index contributed by atoms with van der Waals surface area (Å²) in [4.78, 5) is 27.2. The van der Waals surface area contributed by atoms with Crippen molar-refractivity contribution in [3.63, 3.8) is 0 Å². The predicted molar refractivity (Wildman–Crippen MR) is 115 cm³/mol. The molecule has 31 heavy (non-hydrogen) atoms. The predicted octanol–water partition coefficient (Wildman–Crippen LogP) is 1.24. The lowest BCUT2D eigenvalue weighted by atomic mass is 10.1. The summed E-state index contributed by atoms with van der Waals surface area (Å²) >= 11 is 0. The zero-order chi connectivity index (χ0) is 22.4.